The van der Waals surface area contributed by atoms with Crippen LogP contribution < -0.4 is 15.0 Å². The number of amides is 2. The van der Waals surface area contributed by atoms with Crippen LogP contribution in [0.25, 0.3) is 0 Å². The van der Waals surface area contributed by atoms with Crippen LogP contribution in [0, 0.1) is 0 Å². The van der Waals surface area contributed by atoms with E-state index in [0.717, 1.165) is 18.7 Å². The molecular formula is C22H22ClN5O3S. The van der Waals surface area contributed by atoms with E-state index in [1.165, 1.54) is 11.8 Å². The summed E-state index contributed by atoms with van der Waals surface area (Å²) in [5.74, 6) is 1.37. The van der Waals surface area contributed by atoms with Gasteiger partial charge < -0.3 is 19.5 Å². The third-order valence-corrected chi connectivity index (χ3v) is 6.32. The van der Waals surface area contributed by atoms with Gasteiger partial charge in [-0.05, 0) is 42.8 Å². The zero-order valence-electron chi connectivity index (χ0n) is 17.5. The minimum atomic E-state index is -0.156. The van der Waals surface area contributed by atoms with Crippen LogP contribution >= 0.6 is 23.4 Å². The van der Waals surface area contributed by atoms with Gasteiger partial charge in [0.25, 0.3) is 0 Å². The van der Waals surface area contributed by atoms with Gasteiger partial charge in [-0.25, -0.2) is 0 Å². The minimum absolute atomic E-state index is 0.137. The van der Waals surface area contributed by atoms with Crippen LogP contribution in [0.1, 0.15) is 18.7 Å². The summed E-state index contributed by atoms with van der Waals surface area (Å²) in [6, 6.07) is 14.5. The Bertz CT molecular complexity index is 1120. The van der Waals surface area contributed by atoms with Crippen LogP contribution in [-0.2, 0) is 23.2 Å². The second kappa shape index (κ2) is 10.1. The Labute approximate surface area is 194 Å². The molecule has 0 saturated carbocycles. The molecule has 0 spiro atoms. The van der Waals surface area contributed by atoms with Crippen LogP contribution in [0.4, 0.5) is 11.4 Å². The van der Waals surface area contributed by atoms with Crippen molar-refractivity contribution in [3.63, 3.8) is 0 Å². The summed E-state index contributed by atoms with van der Waals surface area (Å²) in [4.78, 5) is 26.0. The average Bonchev–Trinajstić information content (AvgIpc) is 3.37. The normalized spacial score (nSPS) is 13.4. The number of anilines is 2. The van der Waals surface area contributed by atoms with Crippen molar-refractivity contribution < 1.29 is 14.3 Å². The van der Waals surface area contributed by atoms with Crippen LogP contribution in [-0.4, -0.2) is 38.9 Å². The van der Waals surface area contributed by atoms with Crippen molar-refractivity contribution in [2.75, 3.05) is 22.5 Å². The predicted molar refractivity (Wildman–Crippen MR) is 124 cm³/mol. The first-order chi connectivity index (χ1) is 15.5. The molecule has 2 amide bonds. The van der Waals surface area contributed by atoms with E-state index in [4.69, 9.17) is 16.3 Å². The maximum atomic E-state index is 12.4. The van der Waals surface area contributed by atoms with Gasteiger partial charge in [0, 0.05) is 31.4 Å². The van der Waals surface area contributed by atoms with Gasteiger partial charge in [0.05, 0.1) is 10.8 Å². The second-order valence-electron chi connectivity index (χ2n) is 7.21. The van der Waals surface area contributed by atoms with Gasteiger partial charge >= 0.3 is 0 Å². The van der Waals surface area contributed by atoms with Crippen LogP contribution in [0.5, 0.6) is 5.75 Å². The van der Waals surface area contributed by atoms with Crippen LogP contribution in [0.15, 0.2) is 53.7 Å². The molecule has 1 saturated heterocycles. The first kappa shape index (κ1) is 22.2. The highest BCUT2D eigenvalue weighted by atomic mass is 35.5. The highest BCUT2D eigenvalue weighted by Crippen LogP contribution is 2.25. The monoisotopic (exact) mass is 471 g/mol. The van der Waals surface area contributed by atoms with E-state index in [1.54, 1.807) is 33.7 Å². The molecule has 1 aromatic heterocycles. The Hall–Kier alpha value is -3.04. The quantitative estimate of drug-likeness (QED) is 0.501. The van der Waals surface area contributed by atoms with Crippen molar-refractivity contribution >= 4 is 46.6 Å². The average molecular weight is 472 g/mol. The Morgan fingerprint density at radius 3 is 2.69 bits per heavy atom. The number of nitrogens with zero attached hydrogens (tertiary/aromatic N) is 4. The van der Waals surface area contributed by atoms with Crippen LogP contribution in [0.2, 0.25) is 5.02 Å². The zero-order chi connectivity index (χ0) is 22.5. The molecule has 0 bridgehead atoms. The largest absolute Gasteiger partial charge is 0.484 e. The lowest BCUT2D eigenvalue weighted by Crippen LogP contribution is -2.23. The topological polar surface area (TPSA) is 89.3 Å². The van der Waals surface area contributed by atoms with Gasteiger partial charge in [0.15, 0.2) is 11.0 Å². The summed E-state index contributed by atoms with van der Waals surface area (Å²) in [5.41, 5.74) is 1.53. The first-order valence-corrected chi connectivity index (χ1v) is 11.5. The third kappa shape index (κ3) is 5.23. The fourth-order valence-electron chi connectivity index (χ4n) is 3.27. The van der Waals surface area contributed by atoms with Crippen molar-refractivity contribution in [3.05, 3.63) is 59.4 Å². The molecule has 2 heterocycles. The maximum absolute atomic E-state index is 12.4. The molecule has 1 N–H and O–H groups in total. The maximum Gasteiger partial charge on any atom is 0.234 e. The minimum Gasteiger partial charge on any atom is -0.484 e. The molecule has 32 heavy (non-hydrogen) atoms. The van der Waals surface area contributed by atoms with Gasteiger partial charge in [-0.3, -0.25) is 9.59 Å². The lowest BCUT2D eigenvalue weighted by Gasteiger charge is -2.16. The summed E-state index contributed by atoms with van der Waals surface area (Å²) in [7, 11) is 1.82. The van der Waals surface area contributed by atoms with E-state index in [2.05, 4.69) is 15.5 Å². The summed E-state index contributed by atoms with van der Waals surface area (Å²) >= 11 is 7.39. The molecule has 1 aliphatic rings. The highest BCUT2D eigenvalue weighted by Gasteiger charge is 2.21. The Morgan fingerprint density at radius 2 is 1.97 bits per heavy atom. The number of rotatable bonds is 8. The fourth-order valence-corrected chi connectivity index (χ4v) is 4.19. The zero-order valence-corrected chi connectivity index (χ0v) is 19.0. The van der Waals surface area contributed by atoms with E-state index >= 15 is 0 Å². The lowest BCUT2D eigenvalue weighted by atomic mass is 10.2. The van der Waals surface area contributed by atoms with Crippen molar-refractivity contribution in [2.45, 2.75) is 24.6 Å². The standard InChI is InChI=1S/C22H22ClN5O3S/c1-27-19(13-31-18-6-3-2-5-17(18)23)25-26-22(27)32-14-20(29)24-15-8-10-16(11-9-15)28-12-4-7-21(28)30/h2-3,5-6,8-11H,4,7,12-14H2,1H3,(H,24,29). The molecule has 0 unspecified atom stereocenters. The van der Waals surface area contributed by atoms with Crippen molar-refractivity contribution in [1.82, 2.24) is 14.8 Å². The molecule has 1 fully saturated rings. The molecular weight excluding hydrogens is 450 g/mol. The summed E-state index contributed by atoms with van der Waals surface area (Å²) in [6.07, 6.45) is 1.47. The number of nitrogens with one attached hydrogen (secondary N) is 1. The lowest BCUT2D eigenvalue weighted by molar-refractivity contribution is -0.117. The number of carbonyl (C=O) groups is 2. The van der Waals surface area contributed by atoms with Gasteiger partial charge in [-0.1, -0.05) is 35.5 Å². The Balaban J connectivity index is 1.28. The fraction of sp³-hybridized carbons (Fsp3) is 0.273. The van der Waals surface area contributed by atoms with E-state index < -0.39 is 0 Å². The Morgan fingerprint density at radius 1 is 1.19 bits per heavy atom. The molecule has 3 aromatic rings. The van der Waals surface area contributed by atoms with Gasteiger partial charge in [0.2, 0.25) is 11.8 Å². The summed E-state index contributed by atoms with van der Waals surface area (Å²) in [5, 5.41) is 12.3. The van der Waals surface area contributed by atoms with Gasteiger partial charge in [-0.2, -0.15) is 0 Å². The summed E-state index contributed by atoms with van der Waals surface area (Å²) in [6.45, 7) is 0.955. The van der Waals surface area contributed by atoms with Gasteiger partial charge in [-0.15, -0.1) is 10.2 Å². The van der Waals surface area contributed by atoms with Gasteiger partial charge in [0.1, 0.15) is 12.4 Å². The number of hydrogen-bond acceptors (Lipinski definition) is 6. The van der Waals surface area contributed by atoms with E-state index in [0.29, 0.717) is 33.9 Å². The molecule has 2 aromatic carbocycles. The number of benzene rings is 2. The smallest absolute Gasteiger partial charge is 0.234 e. The van der Waals surface area contributed by atoms with E-state index in [-0.39, 0.29) is 24.2 Å². The molecule has 8 nitrogen and oxygen atoms in total. The van der Waals surface area contributed by atoms with E-state index in [1.807, 2.05) is 31.3 Å². The number of thioether (sulfide) groups is 1. The Kier molecular flexibility index (Phi) is 6.96. The van der Waals surface area contributed by atoms with Crippen molar-refractivity contribution in [1.29, 1.82) is 0 Å². The number of halogens is 1. The molecule has 0 aliphatic carbocycles. The number of para-hydroxylation sites is 1. The molecule has 0 atom stereocenters. The molecule has 4 rings (SSSR count). The molecule has 1 aliphatic heterocycles. The highest BCUT2D eigenvalue weighted by molar-refractivity contribution is 7.99. The second-order valence-corrected chi connectivity index (χ2v) is 8.56. The van der Waals surface area contributed by atoms with Crippen molar-refractivity contribution in [2.24, 2.45) is 7.05 Å². The first-order valence-electron chi connectivity index (χ1n) is 10.1. The summed E-state index contributed by atoms with van der Waals surface area (Å²) < 4.78 is 7.49. The molecule has 166 valence electrons. The third-order valence-electron chi connectivity index (χ3n) is 4.99. The van der Waals surface area contributed by atoms with Crippen LogP contribution in [0.3, 0.4) is 0 Å². The number of hydrogen-bond donors (Lipinski definition) is 1. The number of aromatic nitrogens is 3. The predicted octanol–water partition coefficient (Wildman–Crippen LogP) is 3.91. The van der Waals surface area contributed by atoms with Crippen molar-refractivity contribution in [3.8, 4) is 5.75 Å². The molecule has 0 radical (unpaired) electrons. The SMILES string of the molecule is Cn1c(COc2ccccc2Cl)nnc1SCC(=O)Nc1ccc(N2CCCC2=O)cc1. The number of carbonyl (C=O) groups excluding carboxylic acids is 2. The molecule has 10 heteroatoms. The number of ether oxygens (including phenoxy) is 1. The van der Waals surface area contributed by atoms with E-state index in [9.17, 15) is 9.59 Å².